The van der Waals surface area contributed by atoms with E-state index in [9.17, 15) is 14.4 Å². The Balaban J connectivity index is 2.07. The fraction of sp³-hybridized carbons (Fsp3) is 0.333. The molecule has 0 saturated heterocycles. The molecule has 2 rings (SSSR count). The summed E-state index contributed by atoms with van der Waals surface area (Å²) < 4.78 is 9.57. The van der Waals surface area contributed by atoms with Crippen LogP contribution in [0.5, 0.6) is 0 Å². The van der Waals surface area contributed by atoms with Gasteiger partial charge in [0.25, 0.3) is 5.91 Å². The van der Waals surface area contributed by atoms with Gasteiger partial charge in [0.2, 0.25) is 5.91 Å². The van der Waals surface area contributed by atoms with Crippen molar-refractivity contribution >= 4 is 23.5 Å². The van der Waals surface area contributed by atoms with Gasteiger partial charge >= 0.3 is 5.97 Å². The summed E-state index contributed by atoms with van der Waals surface area (Å²) in [5.74, 6) is -1.09. The quantitative estimate of drug-likeness (QED) is 0.763. The number of hydrogen-bond acceptors (Lipinski definition) is 6. The number of ether oxygens (including phenoxy) is 1. The van der Waals surface area contributed by atoms with Crippen molar-refractivity contribution in [2.24, 2.45) is 0 Å². The lowest BCUT2D eigenvalue weighted by atomic mass is 9.98. The molecule has 0 aliphatic rings. The zero-order valence-electron chi connectivity index (χ0n) is 15.1. The van der Waals surface area contributed by atoms with E-state index in [4.69, 9.17) is 4.52 Å². The normalized spacial score (nSPS) is 11.5. The first-order valence-corrected chi connectivity index (χ1v) is 8.02. The Morgan fingerprint density at radius 3 is 2.62 bits per heavy atom. The average molecular weight is 359 g/mol. The summed E-state index contributed by atoms with van der Waals surface area (Å²) in [5.41, 5.74) is 2.20. The summed E-state index contributed by atoms with van der Waals surface area (Å²) in [6, 6.07) is 6.43. The molecule has 1 aromatic carbocycles. The van der Waals surface area contributed by atoms with E-state index in [1.54, 1.807) is 39.0 Å². The fourth-order valence-electron chi connectivity index (χ4n) is 2.55. The summed E-state index contributed by atoms with van der Waals surface area (Å²) in [4.78, 5) is 35.7. The average Bonchev–Trinajstić information content (AvgIpc) is 2.97. The van der Waals surface area contributed by atoms with E-state index >= 15 is 0 Å². The monoisotopic (exact) mass is 359 g/mol. The summed E-state index contributed by atoms with van der Waals surface area (Å²) in [6.07, 6.45) is 0. The highest BCUT2D eigenvalue weighted by atomic mass is 16.5. The van der Waals surface area contributed by atoms with Crippen molar-refractivity contribution in [2.75, 3.05) is 19.0 Å². The smallest absolute Gasteiger partial charge is 0.325 e. The maximum Gasteiger partial charge on any atom is 0.325 e. The van der Waals surface area contributed by atoms with Crippen molar-refractivity contribution in [3.63, 3.8) is 0 Å². The third-order valence-corrected chi connectivity index (χ3v) is 3.93. The Labute approximate surface area is 150 Å². The number of nitrogens with one attached hydrogen (secondary N) is 2. The maximum atomic E-state index is 12.5. The number of nitrogens with zero attached hydrogens (tertiary/aromatic N) is 1. The third kappa shape index (κ3) is 4.47. The van der Waals surface area contributed by atoms with Crippen molar-refractivity contribution in [1.82, 2.24) is 10.5 Å². The molecular formula is C18H21N3O5. The van der Waals surface area contributed by atoms with Crippen LogP contribution in [0.25, 0.3) is 0 Å². The van der Waals surface area contributed by atoms with Crippen molar-refractivity contribution in [3.8, 4) is 0 Å². The lowest BCUT2D eigenvalue weighted by Crippen LogP contribution is -2.30. The van der Waals surface area contributed by atoms with Crippen LogP contribution in [0.15, 0.2) is 28.8 Å². The highest BCUT2D eigenvalue weighted by Gasteiger charge is 2.23. The molecule has 2 amide bonds. The summed E-state index contributed by atoms with van der Waals surface area (Å²) in [6.45, 7) is 5.07. The SMILES string of the molecule is COC(=O)CNC(=O)c1cccc(NC(=O)C(C)c2c(C)noc2C)c1. The van der Waals surface area contributed by atoms with Gasteiger partial charge in [0.15, 0.2) is 0 Å². The van der Waals surface area contributed by atoms with Gasteiger partial charge in [-0.25, -0.2) is 0 Å². The molecule has 2 aromatic rings. The molecule has 1 heterocycles. The van der Waals surface area contributed by atoms with Crippen molar-refractivity contribution in [1.29, 1.82) is 0 Å². The van der Waals surface area contributed by atoms with Gasteiger partial charge in [-0.05, 0) is 39.0 Å². The Morgan fingerprint density at radius 1 is 1.27 bits per heavy atom. The maximum absolute atomic E-state index is 12.5. The molecule has 0 bridgehead atoms. The van der Waals surface area contributed by atoms with Crippen LogP contribution in [0.2, 0.25) is 0 Å². The van der Waals surface area contributed by atoms with Gasteiger partial charge in [-0.3, -0.25) is 14.4 Å². The van der Waals surface area contributed by atoms with E-state index in [1.807, 2.05) is 0 Å². The van der Waals surface area contributed by atoms with E-state index in [-0.39, 0.29) is 12.5 Å². The number of benzene rings is 1. The van der Waals surface area contributed by atoms with Crippen LogP contribution in [-0.4, -0.2) is 36.6 Å². The number of esters is 1. The Hall–Kier alpha value is -3.16. The fourth-order valence-corrected chi connectivity index (χ4v) is 2.55. The molecule has 2 N–H and O–H groups in total. The van der Waals surface area contributed by atoms with Gasteiger partial charge in [0.1, 0.15) is 12.3 Å². The number of anilines is 1. The molecule has 8 nitrogen and oxygen atoms in total. The predicted molar refractivity (Wildman–Crippen MR) is 93.8 cm³/mol. The number of hydrogen-bond donors (Lipinski definition) is 2. The molecule has 0 aliphatic heterocycles. The molecule has 26 heavy (non-hydrogen) atoms. The first kappa shape index (κ1) is 19.2. The number of aryl methyl sites for hydroxylation is 2. The standard InChI is InChI=1S/C18H21N3O5/c1-10(16-11(2)21-26-12(16)3)17(23)20-14-7-5-6-13(8-14)18(24)19-9-15(22)25-4/h5-8,10H,9H2,1-4H3,(H,19,24)(H,20,23). The molecule has 0 saturated carbocycles. The molecule has 1 aromatic heterocycles. The predicted octanol–water partition coefficient (Wildman–Crippen LogP) is 1.94. The largest absolute Gasteiger partial charge is 0.468 e. The van der Waals surface area contributed by atoms with E-state index < -0.39 is 17.8 Å². The second-order valence-electron chi connectivity index (χ2n) is 5.79. The number of carbonyl (C=O) groups excluding carboxylic acids is 3. The zero-order chi connectivity index (χ0) is 19.3. The zero-order valence-corrected chi connectivity index (χ0v) is 15.1. The minimum absolute atomic E-state index is 0.227. The summed E-state index contributed by atoms with van der Waals surface area (Å²) >= 11 is 0. The lowest BCUT2D eigenvalue weighted by molar-refractivity contribution is -0.139. The van der Waals surface area contributed by atoms with Gasteiger partial charge in [0.05, 0.1) is 18.7 Å². The number of amides is 2. The molecule has 0 radical (unpaired) electrons. The van der Waals surface area contributed by atoms with Crippen molar-refractivity contribution in [2.45, 2.75) is 26.7 Å². The van der Waals surface area contributed by atoms with Gasteiger partial charge < -0.3 is 19.9 Å². The minimum atomic E-state index is -0.545. The van der Waals surface area contributed by atoms with Crippen molar-refractivity contribution < 1.29 is 23.6 Å². The molecule has 0 aliphatic carbocycles. The highest BCUT2D eigenvalue weighted by molar-refractivity contribution is 5.99. The minimum Gasteiger partial charge on any atom is -0.468 e. The molecule has 8 heteroatoms. The lowest BCUT2D eigenvalue weighted by Gasteiger charge is -2.13. The van der Waals surface area contributed by atoms with Crippen LogP contribution in [-0.2, 0) is 14.3 Å². The second-order valence-corrected chi connectivity index (χ2v) is 5.79. The van der Waals surface area contributed by atoms with Gasteiger partial charge in [-0.1, -0.05) is 11.2 Å². The van der Waals surface area contributed by atoms with E-state index in [0.29, 0.717) is 22.7 Å². The number of aromatic nitrogens is 1. The van der Waals surface area contributed by atoms with Crippen LogP contribution in [0, 0.1) is 13.8 Å². The third-order valence-electron chi connectivity index (χ3n) is 3.93. The molecular weight excluding hydrogens is 338 g/mol. The van der Waals surface area contributed by atoms with Crippen LogP contribution < -0.4 is 10.6 Å². The summed E-state index contributed by atoms with van der Waals surface area (Å²) in [5, 5.41) is 9.08. The molecule has 1 atom stereocenters. The molecule has 138 valence electrons. The first-order valence-electron chi connectivity index (χ1n) is 8.02. The van der Waals surface area contributed by atoms with Crippen LogP contribution in [0.3, 0.4) is 0 Å². The second kappa shape index (κ2) is 8.28. The number of methoxy groups -OCH3 is 1. The first-order chi connectivity index (χ1) is 12.3. The van der Waals surface area contributed by atoms with Crippen LogP contribution >= 0.6 is 0 Å². The van der Waals surface area contributed by atoms with Gasteiger partial charge in [0, 0.05) is 16.8 Å². The molecule has 0 spiro atoms. The van der Waals surface area contributed by atoms with Crippen LogP contribution in [0.1, 0.15) is 40.2 Å². The van der Waals surface area contributed by atoms with Crippen LogP contribution in [0.4, 0.5) is 5.69 Å². The van der Waals surface area contributed by atoms with Gasteiger partial charge in [-0.15, -0.1) is 0 Å². The van der Waals surface area contributed by atoms with E-state index in [2.05, 4.69) is 20.5 Å². The Morgan fingerprint density at radius 2 is 2.00 bits per heavy atom. The molecule has 0 fully saturated rings. The Kier molecular flexibility index (Phi) is 6.11. The number of rotatable bonds is 6. The summed E-state index contributed by atoms with van der Waals surface area (Å²) in [7, 11) is 1.24. The van der Waals surface area contributed by atoms with E-state index in [0.717, 1.165) is 5.56 Å². The topological polar surface area (TPSA) is 111 Å². The van der Waals surface area contributed by atoms with E-state index in [1.165, 1.54) is 13.2 Å². The number of carbonyl (C=O) groups is 3. The Bertz CT molecular complexity index is 808. The van der Waals surface area contributed by atoms with Crippen molar-refractivity contribution in [3.05, 3.63) is 46.8 Å². The highest BCUT2D eigenvalue weighted by Crippen LogP contribution is 2.24. The molecule has 1 unspecified atom stereocenters. The van der Waals surface area contributed by atoms with Gasteiger partial charge in [-0.2, -0.15) is 0 Å².